The van der Waals surface area contributed by atoms with Crippen molar-refractivity contribution in [3.05, 3.63) is 65.2 Å². The molecule has 0 radical (unpaired) electrons. The van der Waals surface area contributed by atoms with Crippen LogP contribution < -0.4 is 15.6 Å². The maximum Gasteiger partial charge on any atom is 0.276 e. The summed E-state index contributed by atoms with van der Waals surface area (Å²) in [5, 5.41) is 8.69. The highest BCUT2D eigenvalue weighted by atomic mass is 16.5. The van der Waals surface area contributed by atoms with E-state index in [0.29, 0.717) is 16.9 Å². The zero-order valence-corrected chi connectivity index (χ0v) is 12.5. The Bertz CT molecular complexity index is 748. The summed E-state index contributed by atoms with van der Waals surface area (Å²) in [6.07, 6.45) is 0. The highest BCUT2D eigenvalue weighted by Gasteiger charge is 2.08. The fourth-order valence-corrected chi connectivity index (χ4v) is 1.78. The summed E-state index contributed by atoms with van der Waals surface area (Å²) >= 11 is 0. The number of benzene rings is 2. The van der Waals surface area contributed by atoms with Crippen molar-refractivity contribution in [1.29, 1.82) is 5.26 Å². The largest absolute Gasteiger partial charge is 0.484 e. The number of hydrogen-bond donors (Lipinski definition) is 2. The van der Waals surface area contributed by atoms with E-state index in [9.17, 15) is 9.59 Å². The maximum atomic E-state index is 11.8. The molecule has 2 amide bonds. The van der Waals surface area contributed by atoms with Crippen molar-refractivity contribution < 1.29 is 14.3 Å². The fraction of sp³-hybridized carbons (Fsp3) is 0.118. The molecule has 0 heterocycles. The van der Waals surface area contributed by atoms with Crippen molar-refractivity contribution in [1.82, 2.24) is 10.9 Å². The van der Waals surface area contributed by atoms with Crippen LogP contribution in [0.4, 0.5) is 0 Å². The van der Waals surface area contributed by atoms with Crippen LogP contribution in [-0.2, 0) is 4.79 Å². The van der Waals surface area contributed by atoms with E-state index < -0.39 is 11.8 Å². The molecule has 0 aliphatic heterocycles. The average molecular weight is 309 g/mol. The molecule has 6 nitrogen and oxygen atoms in total. The van der Waals surface area contributed by atoms with Crippen LogP contribution in [0.1, 0.15) is 21.5 Å². The van der Waals surface area contributed by atoms with Gasteiger partial charge in [-0.05, 0) is 48.9 Å². The van der Waals surface area contributed by atoms with Crippen LogP contribution in [0.15, 0.2) is 48.5 Å². The average Bonchev–Trinajstić information content (AvgIpc) is 2.58. The third-order valence-electron chi connectivity index (χ3n) is 2.95. The molecule has 6 heteroatoms. The fourth-order valence-electron chi connectivity index (χ4n) is 1.78. The quantitative estimate of drug-likeness (QED) is 0.841. The lowest BCUT2D eigenvalue weighted by atomic mass is 10.1. The molecule has 0 aromatic heterocycles. The number of hydrogen-bond acceptors (Lipinski definition) is 4. The number of nitrogens with zero attached hydrogens (tertiary/aromatic N) is 1. The van der Waals surface area contributed by atoms with Crippen molar-refractivity contribution in [3.63, 3.8) is 0 Å². The summed E-state index contributed by atoms with van der Waals surface area (Å²) in [5.74, 6) is -0.370. The molecular weight excluding hydrogens is 294 g/mol. The molecule has 0 saturated carbocycles. The van der Waals surface area contributed by atoms with E-state index in [1.54, 1.807) is 6.07 Å². The van der Waals surface area contributed by atoms with Gasteiger partial charge in [0.05, 0.1) is 11.6 Å². The Hall–Kier alpha value is -3.33. The molecule has 0 bridgehead atoms. The van der Waals surface area contributed by atoms with Crippen molar-refractivity contribution in [2.75, 3.05) is 6.61 Å². The van der Waals surface area contributed by atoms with Crippen LogP contribution in [-0.4, -0.2) is 18.4 Å². The predicted molar refractivity (Wildman–Crippen MR) is 83.4 cm³/mol. The Morgan fingerprint density at radius 1 is 1.13 bits per heavy atom. The van der Waals surface area contributed by atoms with E-state index in [1.165, 1.54) is 24.3 Å². The number of rotatable bonds is 4. The molecule has 2 aromatic rings. The minimum Gasteiger partial charge on any atom is -0.484 e. The van der Waals surface area contributed by atoms with Crippen LogP contribution in [0.3, 0.4) is 0 Å². The number of nitriles is 1. The first-order chi connectivity index (χ1) is 11.1. The maximum absolute atomic E-state index is 11.8. The monoisotopic (exact) mass is 309 g/mol. The van der Waals surface area contributed by atoms with Gasteiger partial charge in [0.15, 0.2) is 6.61 Å². The van der Waals surface area contributed by atoms with Crippen LogP contribution in [0.5, 0.6) is 5.75 Å². The molecule has 23 heavy (non-hydrogen) atoms. The topological polar surface area (TPSA) is 91.2 Å². The second-order valence-corrected chi connectivity index (χ2v) is 4.80. The highest BCUT2D eigenvalue weighted by molar-refractivity contribution is 5.95. The SMILES string of the molecule is Cc1cccc(OCC(=O)NNC(=O)c2ccc(C#N)cc2)c1. The lowest BCUT2D eigenvalue weighted by Gasteiger charge is -2.09. The van der Waals surface area contributed by atoms with Gasteiger partial charge >= 0.3 is 0 Å². The Balaban J connectivity index is 1.79. The Morgan fingerprint density at radius 2 is 1.87 bits per heavy atom. The minimum atomic E-state index is -0.478. The third-order valence-corrected chi connectivity index (χ3v) is 2.95. The van der Waals surface area contributed by atoms with E-state index in [2.05, 4.69) is 10.9 Å². The number of carbonyl (C=O) groups is 2. The summed E-state index contributed by atoms with van der Waals surface area (Å²) in [5.41, 5.74) is 6.37. The number of carbonyl (C=O) groups excluding carboxylic acids is 2. The summed E-state index contributed by atoms with van der Waals surface area (Å²) < 4.78 is 5.32. The number of hydrazine groups is 1. The zero-order chi connectivity index (χ0) is 16.7. The normalized spacial score (nSPS) is 9.57. The first-order valence-electron chi connectivity index (χ1n) is 6.87. The Morgan fingerprint density at radius 3 is 2.52 bits per heavy atom. The van der Waals surface area contributed by atoms with Gasteiger partial charge in [0, 0.05) is 5.56 Å². The lowest BCUT2D eigenvalue weighted by Crippen LogP contribution is -2.43. The Kier molecular flexibility index (Phi) is 5.31. The van der Waals surface area contributed by atoms with Crippen LogP contribution >= 0.6 is 0 Å². The molecule has 0 fully saturated rings. The zero-order valence-electron chi connectivity index (χ0n) is 12.5. The van der Waals surface area contributed by atoms with E-state index in [4.69, 9.17) is 10.00 Å². The van der Waals surface area contributed by atoms with Gasteiger partial charge in [0.1, 0.15) is 5.75 Å². The smallest absolute Gasteiger partial charge is 0.276 e. The molecular formula is C17H15N3O3. The minimum absolute atomic E-state index is 0.211. The van der Waals surface area contributed by atoms with Gasteiger partial charge < -0.3 is 4.74 Å². The van der Waals surface area contributed by atoms with Gasteiger partial charge in [-0.1, -0.05) is 12.1 Å². The van der Waals surface area contributed by atoms with Gasteiger partial charge in [0.2, 0.25) is 0 Å². The number of nitrogens with one attached hydrogen (secondary N) is 2. The van der Waals surface area contributed by atoms with E-state index >= 15 is 0 Å². The number of amides is 2. The molecule has 116 valence electrons. The van der Waals surface area contributed by atoms with Gasteiger partial charge in [0.25, 0.3) is 11.8 Å². The second kappa shape index (κ2) is 7.61. The lowest BCUT2D eigenvalue weighted by molar-refractivity contribution is -0.123. The molecule has 0 saturated heterocycles. The summed E-state index contributed by atoms with van der Waals surface area (Å²) in [7, 11) is 0. The molecule has 2 aromatic carbocycles. The summed E-state index contributed by atoms with van der Waals surface area (Å²) in [4.78, 5) is 23.5. The Labute approximate surface area is 133 Å². The van der Waals surface area contributed by atoms with Crippen molar-refractivity contribution in [3.8, 4) is 11.8 Å². The van der Waals surface area contributed by atoms with E-state index in [-0.39, 0.29) is 6.61 Å². The molecule has 0 aliphatic rings. The van der Waals surface area contributed by atoms with E-state index in [0.717, 1.165) is 5.56 Å². The summed E-state index contributed by atoms with van der Waals surface area (Å²) in [6, 6.07) is 15.3. The molecule has 0 spiro atoms. The van der Waals surface area contributed by atoms with Crippen LogP contribution in [0.25, 0.3) is 0 Å². The van der Waals surface area contributed by atoms with Gasteiger partial charge in [-0.25, -0.2) is 0 Å². The molecule has 0 unspecified atom stereocenters. The highest BCUT2D eigenvalue weighted by Crippen LogP contribution is 2.11. The number of ether oxygens (including phenoxy) is 1. The summed E-state index contributed by atoms with van der Waals surface area (Å²) in [6.45, 7) is 1.71. The number of aryl methyl sites for hydroxylation is 1. The van der Waals surface area contributed by atoms with E-state index in [1.807, 2.05) is 31.2 Å². The molecule has 2 N–H and O–H groups in total. The molecule has 0 atom stereocenters. The third kappa shape index (κ3) is 4.86. The first kappa shape index (κ1) is 16.0. The van der Waals surface area contributed by atoms with Gasteiger partial charge in [-0.2, -0.15) is 5.26 Å². The van der Waals surface area contributed by atoms with Crippen molar-refractivity contribution in [2.45, 2.75) is 6.92 Å². The van der Waals surface area contributed by atoms with Gasteiger partial charge in [-0.15, -0.1) is 0 Å². The van der Waals surface area contributed by atoms with Crippen LogP contribution in [0.2, 0.25) is 0 Å². The van der Waals surface area contributed by atoms with Crippen molar-refractivity contribution in [2.24, 2.45) is 0 Å². The van der Waals surface area contributed by atoms with Gasteiger partial charge in [-0.3, -0.25) is 20.4 Å². The molecule has 0 aliphatic carbocycles. The standard InChI is InChI=1S/C17H15N3O3/c1-12-3-2-4-15(9-12)23-11-16(21)19-20-17(22)14-7-5-13(10-18)6-8-14/h2-9H,11H2,1H3,(H,19,21)(H,20,22). The predicted octanol–water partition coefficient (Wildman–Crippen LogP) is 1.71. The molecule has 2 rings (SSSR count). The van der Waals surface area contributed by atoms with Crippen molar-refractivity contribution >= 4 is 11.8 Å². The van der Waals surface area contributed by atoms with Crippen LogP contribution in [0, 0.1) is 18.3 Å². The second-order valence-electron chi connectivity index (χ2n) is 4.80. The first-order valence-corrected chi connectivity index (χ1v) is 6.87.